The topological polar surface area (TPSA) is 85.6 Å². The van der Waals surface area contributed by atoms with E-state index in [1.165, 1.54) is 6.07 Å². The van der Waals surface area contributed by atoms with Gasteiger partial charge < -0.3 is 20.1 Å². The van der Waals surface area contributed by atoms with Crippen molar-refractivity contribution in [3.63, 3.8) is 0 Å². The first-order valence-electron chi connectivity index (χ1n) is 10.1. The number of benzene rings is 1. The van der Waals surface area contributed by atoms with E-state index in [4.69, 9.17) is 9.47 Å². The fourth-order valence-corrected chi connectivity index (χ4v) is 3.28. The molecule has 0 saturated heterocycles. The molecule has 0 bridgehead atoms. The van der Waals surface area contributed by atoms with Crippen LogP contribution in [0.2, 0.25) is 0 Å². The maximum absolute atomic E-state index is 12.5. The molecule has 0 fully saturated rings. The summed E-state index contributed by atoms with van der Waals surface area (Å²) in [6, 6.07) is 6.70. The fourth-order valence-electron chi connectivity index (χ4n) is 3.28. The van der Waals surface area contributed by atoms with Crippen molar-refractivity contribution in [1.82, 2.24) is 25.4 Å². The molecule has 2 aromatic rings. The molecule has 2 N–H and O–H groups in total. The van der Waals surface area contributed by atoms with Gasteiger partial charge in [0.2, 0.25) is 0 Å². The molecule has 0 spiro atoms. The van der Waals surface area contributed by atoms with Crippen molar-refractivity contribution in [3.8, 4) is 5.75 Å². The molecule has 178 valence electrons. The van der Waals surface area contributed by atoms with Crippen LogP contribution >= 0.6 is 24.0 Å². The number of hydrogen-bond donors (Lipinski definition) is 2. The molecular formula is C20H28F3IN6O2. The Bertz CT molecular complexity index is 890. The summed E-state index contributed by atoms with van der Waals surface area (Å²) in [7, 11) is 1.61. The Hall–Kier alpha value is -2.09. The zero-order valence-electron chi connectivity index (χ0n) is 18.0. The molecule has 1 aromatic carbocycles. The van der Waals surface area contributed by atoms with Gasteiger partial charge in [-0.25, -0.2) is 14.7 Å². The standard InChI is InChI=1S/C20H27F3N6O2.HI/c1-3-24-19(25-10-14-6-4-5-7-16(14)31-13-20(21,22)23)26-15-8-9-18-27-17(12-30-2)28-29(18)11-15;/h4-7,15H,3,8-13H2,1-2H3,(H2,24,25,26);1H. The number of fused-ring (bicyclic) bond motifs is 1. The lowest BCUT2D eigenvalue weighted by Gasteiger charge is -2.25. The number of ether oxygens (including phenoxy) is 2. The minimum absolute atomic E-state index is 0. The average molecular weight is 568 g/mol. The van der Waals surface area contributed by atoms with E-state index < -0.39 is 12.8 Å². The quantitative estimate of drug-likeness (QED) is 0.290. The molecule has 12 heteroatoms. The summed E-state index contributed by atoms with van der Waals surface area (Å²) in [6.07, 6.45) is -2.75. The lowest BCUT2D eigenvalue weighted by Crippen LogP contribution is -2.47. The van der Waals surface area contributed by atoms with Gasteiger partial charge in [0.05, 0.1) is 13.1 Å². The van der Waals surface area contributed by atoms with E-state index in [0.717, 1.165) is 18.7 Å². The van der Waals surface area contributed by atoms with Gasteiger partial charge in [0, 0.05) is 31.7 Å². The Morgan fingerprint density at radius 3 is 2.81 bits per heavy atom. The van der Waals surface area contributed by atoms with Gasteiger partial charge in [-0.2, -0.15) is 18.3 Å². The van der Waals surface area contributed by atoms with Crippen LogP contribution in [0.25, 0.3) is 0 Å². The van der Waals surface area contributed by atoms with E-state index in [1.54, 1.807) is 25.3 Å². The highest BCUT2D eigenvalue weighted by Crippen LogP contribution is 2.23. The lowest BCUT2D eigenvalue weighted by atomic mass is 10.1. The zero-order valence-corrected chi connectivity index (χ0v) is 20.3. The zero-order chi connectivity index (χ0) is 22.3. The van der Waals surface area contributed by atoms with Crippen molar-refractivity contribution in [2.45, 2.75) is 51.7 Å². The van der Waals surface area contributed by atoms with Crippen molar-refractivity contribution in [2.75, 3.05) is 20.3 Å². The highest BCUT2D eigenvalue weighted by molar-refractivity contribution is 14.0. The number of rotatable bonds is 8. The summed E-state index contributed by atoms with van der Waals surface area (Å²) in [5.74, 6) is 2.35. The highest BCUT2D eigenvalue weighted by atomic mass is 127. The van der Waals surface area contributed by atoms with Gasteiger partial charge in [0.15, 0.2) is 18.4 Å². The summed E-state index contributed by atoms with van der Waals surface area (Å²) in [5.41, 5.74) is 0.579. The first kappa shape index (κ1) is 26.2. The molecule has 2 heterocycles. The number of aryl methyl sites for hydroxylation is 1. The number of aromatic nitrogens is 3. The summed E-state index contributed by atoms with van der Waals surface area (Å²) >= 11 is 0. The monoisotopic (exact) mass is 568 g/mol. The molecule has 1 aliphatic heterocycles. The number of alkyl halides is 3. The molecule has 8 nitrogen and oxygen atoms in total. The van der Waals surface area contributed by atoms with Crippen molar-refractivity contribution in [3.05, 3.63) is 41.5 Å². The number of hydrogen-bond acceptors (Lipinski definition) is 5. The molecular weight excluding hydrogens is 540 g/mol. The molecule has 0 saturated carbocycles. The smallest absolute Gasteiger partial charge is 0.422 e. The van der Waals surface area contributed by atoms with Gasteiger partial charge in [-0.1, -0.05) is 18.2 Å². The third-order valence-electron chi connectivity index (χ3n) is 4.63. The Morgan fingerprint density at radius 2 is 2.09 bits per heavy atom. The number of nitrogens with one attached hydrogen (secondary N) is 2. The molecule has 0 radical (unpaired) electrons. The Labute approximate surface area is 202 Å². The SMILES string of the molecule is CCNC(=NCc1ccccc1OCC(F)(F)F)NC1CCc2nc(COC)nn2C1.I. The number of methoxy groups -OCH3 is 1. The Morgan fingerprint density at radius 1 is 1.31 bits per heavy atom. The number of aliphatic imine (C=N–C) groups is 1. The van der Waals surface area contributed by atoms with E-state index in [0.29, 0.717) is 37.0 Å². The van der Waals surface area contributed by atoms with Crippen LogP contribution in [0.5, 0.6) is 5.75 Å². The second kappa shape index (κ2) is 12.2. The van der Waals surface area contributed by atoms with Gasteiger partial charge in [-0.3, -0.25) is 0 Å². The van der Waals surface area contributed by atoms with Crippen LogP contribution in [0, 0.1) is 0 Å². The lowest BCUT2D eigenvalue weighted by molar-refractivity contribution is -0.153. The Kier molecular flexibility index (Phi) is 10.0. The predicted molar refractivity (Wildman–Crippen MR) is 124 cm³/mol. The van der Waals surface area contributed by atoms with Crippen LogP contribution in [0.4, 0.5) is 13.2 Å². The summed E-state index contributed by atoms with van der Waals surface area (Å²) < 4.78 is 49.4. The normalized spacial score (nSPS) is 16.2. The van der Waals surface area contributed by atoms with E-state index in [2.05, 4.69) is 25.7 Å². The molecule has 1 aliphatic rings. The summed E-state index contributed by atoms with van der Waals surface area (Å²) in [4.78, 5) is 9.01. The van der Waals surface area contributed by atoms with Crippen LogP contribution in [-0.4, -0.2) is 53.2 Å². The van der Waals surface area contributed by atoms with Crippen molar-refractivity contribution >= 4 is 29.9 Å². The maximum Gasteiger partial charge on any atom is 0.422 e. The molecule has 3 rings (SSSR count). The number of para-hydroxylation sites is 1. The van der Waals surface area contributed by atoms with Crippen molar-refractivity contribution in [2.24, 2.45) is 4.99 Å². The average Bonchev–Trinajstić information content (AvgIpc) is 3.12. The van der Waals surface area contributed by atoms with Crippen LogP contribution < -0.4 is 15.4 Å². The molecule has 32 heavy (non-hydrogen) atoms. The molecule has 0 aliphatic carbocycles. The van der Waals surface area contributed by atoms with E-state index in [9.17, 15) is 13.2 Å². The Balaban J connectivity index is 0.00000363. The van der Waals surface area contributed by atoms with E-state index in [-0.39, 0.29) is 42.3 Å². The van der Waals surface area contributed by atoms with Crippen LogP contribution in [-0.2, 0) is 30.9 Å². The summed E-state index contributed by atoms with van der Waals surface area (Å²) in [6.45, 7) is 2.46. The molecule has 1 unspecified atom stereocenters. The van der Waals surface area contributed by atoms with Crippen LogP contribution in [0.3, 0.4) is 0 Å². The number of halogens is 4. The van der Waals surface area contributed by atoms with Crippen molar-refractivity contribution < 1.29 is 22.6 Å². The fraction of sp³-hybridized carbons (Fsp3) is 0.550. The second-order valence-electron chi connectivity index (χ2n) is 7.15. The first-order chi connectivity index (χ1) is 14.9. The second-order valence-corrected chi connectivity index (χ2v) is 7.15. The molecule has 1 aromatic heterocycles. The van der Waals surface area contributed by atoms with Gasteiger partial charge in [0.1, 0.15) is 18.2 Å². The third kappa shape index (κ3) is 7.80. The van der Waals surface area contributed by atoms with E-state index >= 15 is 0 Å². The first-order valence-corrected chi connectivity index (χ1v) is 10.1. The summed E-state index contributed by atoms with van der Waals surface area (Å²) in [5, 5.41) is 11.0. The van der Waals surface area contributed by atoms with Gasteiger partial charge >= 0.3 is 6.18 Å². The number of nitrogens with zero attached hydrogens (tertiary/aromatic N) is 4. The van der Waals surface area contributed by atoms with Gasteiger partial charge in [-0.15, -0.1) is 24.0 Å². The third-order valence-corrected chi connectivity index (χ3v) is 4.63. The molecule has 0 amide bonds. The van der Waals surface area contributed by atoms with Crippen molar-refractivity contribution in [1.29, 1.82) is 0 Å². The van der Waals surface area contributed by atoms with Gasteiger partial charge in [-0.05, 0) is 19.4 Å². The minimum atomic E-state index is -4.39. The van der Waals surface area contributed by atoms with Crippen LogP contribution in [0.1, 0.15) is 30.6 Å². The number of guanidine groups is 1. The minimum Gasteiger partial charge on any atom is -0.484 e. The maximum atomic E-state index is 12.5. The van der Waals surface area contributed by atoms with Gasteiger partial charge in [0.25, 0.3) is 0 Å². The van der Waals surface area contributed by atoms with Crippen LogP contribution in [0.15, 0.2) is 29.3 Å². The highest BCUT2D eigenvalue weighted by Gasteiger charge is 2.28. The largest absolute Gasteiger partial charge is 0.484 e. The molecule has 1 atom stereocenters. The van der Waals surface area contributed by atoms with E-state index in [1.807, 2.05) is 11.6 Å². The predicted octanol–water partition coefficient (Wildman–Crippen LogP) is 3.05.